The zero-order valence-corrected chi connectivity index (χ0v) is 15.3. The van der Waals surface area contributed by atoms with Crippen LogP contribution < -0.4 is 9.47 Å². The molecule has 0 saturated heterocycles. The largest absolute Gasteiger partial charge is 0.452 e. The summed E-state index contributed by atoms with van der Waals surface area (Å²) in [5, 5.41) is 0. The SMILES string of the molecule is CC(C)c1ccc(/C=C2\Oc3cc(OC(=O)N(C)C)ccc3C2=O)cc1. The first-order valence-corrected chi connectivity index (χ1v) is 8.42. The van der Waals surface area contributed by atoms with Crippen molar-refractivity contribution >= 4 is 18.0 Å². The zero-order chi connectivity index (χ0) is 18.8. The molecule has 0 saturated carbocycles. The fourth-order valence-corrected chi connectivity index (χ4v) is 2.55. The van der Waals surface area contributed by atoms with Gasteiger partial charge in [-0.05, 0) is 35.3 Å². The lowest BCUT2D eigenvalue weighted by atomic mass is 10.0. The molecule has 0 fully saturated rings. The van der Waals surface area contributed by atoms with Gasteiger partial charge >= 0.3 is 6.09 Å². The van der Waals surface area contributed by atoms with Gasteiger partial charge in [-0.25, -0.2) is 4.79 Å². The van der Waals surface area contributed by atoms with Gasteiger partial charge in [0.05, 0.1) is 5.56 Å². The summed E-state index contributed by atoms with van der Waals surface area (Å²) < 4.78 is 10.9. The van der Waals surface area contributed by atoms with Crippen LogP contribution >= 0.6 is 0 Å². The minimum atomic E-state index is -0.490. The van der Waals surface area contributed by atoms with Gasteiger partial charge in [0.2, 0.25) is 5.78 Å². The molecule has 26 heavy (non-hydrogen) atoms. The van der Waals surface area contributed by atoms with Gasteiger partial charge in [0, 0.05) is 20.2 Å². The van der Waals surface area contributed by atoms with Gasteiger partial charge in [0.15, 0.2) is 5.76 Å². The van der Waals surface area contributed by atoms with Crippen LogP contribution in [0.4, 0.5) is 4.79 Å². The molecule has 134 valence electrons. The van der Waals surface area contributed by atoms with Crippen molar-refractivity contribution in [1.82, 2.24) is 4.90 Å². The van der Waals surface area contributed by atoms with Gasteiger partial charge in [-0.15, -0.1) is 0 Å². The van der Waals surface area contributed by atoms with E-state index < -0.39 is 6.09 Å². The molecule has 5 heteroatoms. The lowest BCUT2D eigenvalue weighted by molar-refractivity contribution is 0.101. The minimum absolute atomic E-state index is 0.182. The Morgan fingerprint density at radius 2 is 1.81 bits per heavy atom. The number of carbonyl (C=O) groups excluding carboxylic acids is 2. The van der Waals surface area contributed by atoms with Gasteiger partial charge in [-0.2, -0.15) is 0 Å². The first-order valence-electron chi connectivity index (χ1n) is 8.42. The first kappa shape index (κ1) is 17.7. The summed E-state index contributed by atoms with van der Waals surface area (Å²) in [5.41, 5.74) is 2.59. The summed E-state index contributed by atoms with van der Waals surface area (Å²) in [7, 11) is 3.20. The summed E-state index contributed by atoms with van der Waals surface area (Å²) in [6.07, 6.45) is 1.23. The molecule has 1 aliphatic heterocycles. The van der Waals surface area contributed by atoms with Crippen molar-refractivity contribution in [2.24, 2.45) is 0 Å². The average Bonchev–Trinajstić information content (AvgIpc) is 2.90. The number of rotatable bonds is 3. The third-order valence-electron chi connectivity index (χ3n) is 4.11. The molecule has 1 aliphatic rings. The van der Waals surface area contributed by atoms with Gasteiger partial charge in [0.1, 0.15) is 11.5 Å². The summed E-state index contributed by atoms with van der Waals surface area (Å²) >= 11 is 0. The Labute approximate surface area is 152 Å². The second-order valence-corrected chi connectivity index (χ2v) is 6.68. The number of benzene rings is 2. The highest BCUT2D eigenvalue weighted by Gasteiger charge is 2.28. The van der Waals surface area contributed by atoms with E-state index in [1.807, 2.05) is 24.3 Å². The van der Waals surface area contributed by atoms with Crippen molar-refractivity contribution in [3.8, 4) is 11.5 Å². The van der Waals surface area contributed by atoms with Crippen LogP contribution in [0.25, 0.3) is 6.08 Å². The maximum Gasteiger partial charge on any atom is 0.414 e. The number of fused-ring (bicyclic) bond motifs is 1. The highest BCUT2D eigenvalue weighted by atomic mass is 16.6. The lowest BCUT2D eigenvalue weighted by Gasteiger charge is -2.10. The van der Waals surface area contributed by atoms with Gasteiger partial charge in [-0.3, -0.25) is 4.79 Å². The number of carbonyl (C=O) groups is 2. The van der Waals surface area contributed by atoms with Crippen LogP contribution in [0, 0.1) is 0 Å². The topological polar surface area (TPSA) is 55.8 Å². The third-order valence-corrected chi connectivity index (χ3v) is 4.11. The molecule has 1 amide bonds. The van der Waals surface area contributed by atoms with E-state index in [0.29, 0.717) is 23.0 Å². The number of ketones is 1. The van der Waals surface area contributed by atoms with Crippen molar-refractivity contribution in [3.63, 3.8) is 0 Å². The van der Waals surface area contributed by atoms with E-state index in [2.05, 4.69) is 13.8 Å². The smallest absolute Gasteiger partial charge is 0.414 e. The number of hydrogen-bond acceptors (Lipinski definition) is 4. The summed E-state index contributed by atoms with van der Waals surface area (Å²) in [6, 6.07) is 12.8. The summed E-state index contributed by atoms with van der Waals surface area (Å²) in [6.45, 7) is 4.27. The molecule has 0 radical (unpaired) electrons. The predicted molar refractivity (Wildman–Crippen MR) is 99.6 cm³/mol. The third kappa shape index (κ3) is 3.61. The quantitative estimate of drug-likeness (QED) is 0.765. The van der Waals surface area contributed by atoms with Gasteiger partial charge in [0.25, 0.3) is 0 Å². The molecule has 2 aromatic carbocycles. The maximum absolute atomic E-state index is 12.5. The second-order valence-electron chi connectivity index (χ2n) is 6.68. The predicted octanol–water partition coefficient (Wildman–Crippen LogP) is 4.49. The van der Waals surface area contributed by atoms with Crippen molar-refractivity contribution in [1.29, 1.82) is 0 Å². The molecule has 0 atom stereocenters. The summed E-state index contributed by atoms with van der Waals surface area (Å²) in [5.74, 6) is 1.25. The summed E-state index contributed by atoms with van der Waals surface area (Å²) in [4.78, 5) is 25.5. The van der Waals surface area contributed by atoms with E-state index in [4.69, 9.17) is 9.47 Å². The van der Waals surface area contributed by atoms with Crippen LogP contribution in [0.2, 0.25) is 0 Å². The second kappa shape index (κ2) is 7.04. The lowest BCUT2D eigenvalue weighted by Crippen LogP contribution is -2.25. The first-order chi connectivity index (χ1) is 12.3. The van der Waals surface area contributed by atoms with E-state index in [1.54, 1.807) is 38.4 Å². The Morgan fingerprint density at radius 3 is 2.42 bits per heavy atom. The number of amides is 1. The van der Waals surface area contributed by atoms with Crippen LogP contribution in [0.3, 0.4) is 0 Å². The molecule has 2 aromatic rings. The monoisotopic (exact) mass is 351 g/mol. The normalized spacial score (nSPS) is 14.3. The van der Waals surface area contributed by atoms with Crippen LogP contribution in [0.15, 0.2) is 48.2 Å². The zero-order valence-electron chi connectivity index (χ0n) is 15.3. The van der Waals surface area contributed by atoms with Crippen LogP contribution in [0.5, 0.6) is 11.5 Å². The van der Waals surface area contributed by atoms with Crippen molar-refractivity contribution in [2.75, 3.05) is 14.1 Å². The fourth-order valence-electron chi connectivity index (χ4n) is 2.55. The molecule has 5 nitrogen and oxygen atoms in total. The number of hydrogen-bond donors (Lipinski definition) is 0. The fraction of sp³-hybridized carbons (Fsp3) is 0.238. The van der Waals surface area contributed by atoms with Gasteiger partial charge in [-0.1, -0.05) is 38.1 Å². The van der Waals surface area contributed by atoms with E-state index in [1.165, 1.54) is 10.5 Å². The highest BCUT2D eigenvalue weighted by Crippen LogP contribution is 2.35. The van der Waals surface area contributed by atoms with E-state index in [9.17, 15) is 9.59 Å². The molecule has 0 spiro atoms. The molecule has 0 aliphatic carbocycles. The minimum Gasteiger partial charge on any atom is -0.452 e. The molecule has 0 N–H and O–H groups in total. The number of allylic oxidation sites excluding steroid dienone is 1. The molecular weight excluding hydrogens is 330 g/mol. The maximum atomic E-state index is 12.5. The molecule has 0 aromatic heterocycles. The Hall–Kier alpha value is -3.08. The number of nitrogens with zero attached hydrogens (tertiary/aromatic N) is 1. The average molecular weight is 351 g/mol. The van der Waals surface area contributed by atoms with Crippen LogP contribution in [-0.2, 0) is 0 Å². The van der Waals surface area contributed by atoms with Crippen LogP contribution in [0.1, 0.15) is 41.3 Å². The Morgan fingerprint density at radius 1 is 1.12 bits per heavy atom. The van der Waals surface area contributed by atoms with Crippen molar-refractivity contribution < 1.29 is 19.1 Å². The Balaban J connectivity index is 1.81. The van der Waals surface area contributed by atoms with E-state index in [0.717, 1.165) is 5.56 Å². The molecule has 0 bridgehead atoms. The van der Waals surface area contributed by atoms with Crippen molar-refractivity contribution in [2.45, 2.75) is 19.8 Å². The Bertz CT molecular complexity index is 879. The number of ether oxygens (including phenoxy) is 2. The number of Topliss-reactive ketones (excluding diaryl/α,β-unsaturated/α-hetero) is 1. The standard InChI is InChI=1S/C21H21NO4/c1-13(2)15-7-5-14(6-8-15)11-19-20(23)17-10-9-16(12-18(17)26-19)25-21(24)22(3)4/h5-13H,1-4H3/b19-11-. The molecule has 1 heterocycles. The Kier molecular flexibility index (Phi) is 4.80. The van der Waals surface area contributed by atoms with Crippen LogP contribution in [-0.4, -0.2) is 30.9 Å². The van der Waals surface area contributed by atoms with E-state index >= 15 is 0 Å². The van der Waals surface area contributed by atoms with E-state index in [-0.39, 0.29) is 11.5 Å². The molecular formula is C21H21NO4. The highest BCUT2D eigenvalue weighted by molar-refractivity contribution is 6.14. The molecule has 3 rings (SSSR count). The van der Waals surface area contributed by atoms with Gasteiger partial charge < -0.3 is 14.4 Å². The van der Waals surface area contributed by atoms with Crippen molar-refractivity contribution in [3.05, 3.63) is 64.9 Å². The molecule has 0 unspecified atom stereocenters.